The summed E-state index contributed by atoms with van der Waals surface area (Å²) in [6.07, 6.45) is 2.60. The van der Waals surface area contributed by atoms with Crippen molar-refractivity contribution < 1.29 is 4.39 Å². The monoisotopic (exact) mass is 428 g/mol. The summed E-state index contributed by atoms with van der Waals surface area (Å²) in [5, 5.41) is 6.48. The number of nitrogens with zero attached hydrogens (tertiary/aromatic N) is 2. The van der Waals surface area contributed by atoms with E-state index < -0.39 is 0 Å². The molecule has 2 rings (SSSR count). The molecule has 0 aliphatic carbocycles. The lowest BCUT2D eigenvalue weighted by Crippen LogP contribution is -2.38. The first-order chi connectivity index (χ1) is 10.7. The minimum atomic E-state index is -0.208. The summed E-state index contributed by atoms with van der Waals surface area (Å²) in [6, 6.07) is 10.5. The summed E-state index contributed by atoms with van der Waals surface area (Å²) in [4.78, 5) is 8.52. The minimum absolute atomic E-state index is 0. The average Bonchev–Trinajstić information content (AvgIpc) is 2.54. The lowest BCUT2D eigenvalue weighted by Gasteiger charge is -2.12. The van der Waals surface area contributed by atoms with E-state index >= 15 is 0 Å². The summed E-state index contributed by atoms with van der Waals surface area (Å²) < 4.78 is 12.8. The molecule has 1 heterocycles. The van der Waals surface area contributed by atoms with Crippen molar-refractivity contribution in [1.82, 2.24) is 15.6 Å². The predicted octanol–water partition coefficient (Wildman–Crippen LogP) is 3.05. The maximum Gasteiger partial charge on any atom is 0.191 e. The van der Waals surface area contributed by atoms with Gasteiger partial charge in [0.1, 0.15) is 5.82 Å². The molecular weight excluding hydrogens is 406 g/mol. The van der Waals surface area contributed by atoms with Crippen molar-refractivity contribution in [2.24, 2.45) is 4.99 Å². The number of aromatic nitrogens is 1. The zero-order valence-corrected chi connectivity index (χ0v) is 15.7. The van der Waals surface area contributed by atoms with Crippen molar-refractivity contribution in [3.63, 3.8) is 0 Å². The van der Waals surface area contributed by atoms with Crippen molar-refractivity contribution in [3.05, 3.63) is 65.2 Å². The summed E-state index contributed by atoms with van der Waals surface area (Å²) in [6.45, 7) is 3.39. The second-order valence-electron chi connectivity index (χ2n) is 5.00. The molecule has 1 aromatic heterocycles. The van der Waals surface area contributed by atoms with Crippen LogP contribution in [0.3, 0.4) is 0 Å². The van der Waals surface area contributed by atoms with Gasteiger partial charge in [0.05, 0.1) is 12.2 Å². The van der Waals surface area contributed by atoms with Gasteiger partial charge in [-0.3, -0.25) is 9.98 Å². The lowest BCUT2D eigenvalue weighted by atomic mass is 10.1. The van der Waals surface area contributed by atoms with E-state index in [-0.39, 0.29) is 29.8 Å². The molecule has 0 unspecified atom stereocenters. The average molecular weight is 428 g/mol. The van der Waals surface area contributed by atoms with E-state index in [0.29, 0.717) is 6.54 Å². The standard InChI is InChI=1S/C17H21FN4.HI/c1-13-4-3-10-20-16(13)12-22-17(19-2)21-11-9-14-5-7-15(18)8-6-14;/h3-8,10H,9,11-12H2,1-2H3,(H2,19,21,22);1H. The number of aryl methyl sites for hydroxylation is 1. The highest BCUT2D eigenvalue weighted by Gasteiger charge is 2.01. The Bertz CT molecular complexity index is 629. The van der Waals surface area contributed by atoms with E-state index in [9.17, 15) is 4.39 Å². The molecule has 2 aromatic rings. The molecule has 6 heteroatoms. The van der Waals surface area contributed by atoms with Gasteiger partial charge in [-0.1, -0.05) is 18.2 Å². The number of nitrogens with one attached hydrogen (secondary N) is 2. The first-order valence-corrected chi connectivity index (χ1v) is 7.28. The van der Waals surface area contributed by atoms with E-state index in [1.54, 1.807) is 25.4 Å². The Hall–Kier alpha value is -1.70. The number of guanidine groups is 1. The number of halogens is 2. The summed E-state index contributed by atoms with van der Waals surface area (Å²) in [5.74, 6) is 0.520. The molecule has 124 valence electrons. The van der Waals surface area contributed by atoms with Gasteiger partial charge in [-0.25, -0.2) is 4.39 Å². The largest absolute Gasteiger partial charge is 0.356 e. The van der Waals surface area contributed by atoms with Crippen LogP contribution < -0.4 is 10.6 Å². The highest BCUT2D eigenvalue weighted by molar-refractivity contribution is 14.0. The summed E-state index contributed by atoms with van der Waals surface area (Å²) in [5.41, 5.74) is 3.24. The smallest absolute Gasteiger partial charge is 0.191 e. The molecule has 1 aromatic carbocycles. The highest BCUT2D eigenvalue weighted by atomic mass is 127. The highest BCUT2D eigenvalue weighted by Crippen LogP contribution is 2.03. The Morgan fingerprint density at radius 2 is 1.91 bits per heavy atom. The maximum atomic E-state index is 12.8. The molecule has 2 N–H and O–H groups in total. The number of aliphatic imine (C=N–C) groups is 1. The third kappa shape index (κ3) is 6.52. The Kier molecular flexibility index (Phi) is 8.53. The normalized spacial score (nSPS) is 10.8. The van der Waals surface area contributed by atoms with E-state index in [4.69, 9.17) is 0 Å². The van der Waals surface area contributed by atoms with E-state index in [2.05, 4.69) is 20.6 Å². The fourth-order valence-electron chi connectivity index (χ4n) is 2.07. The molecule has 0 aliphatic heterocycles. The first kappa shape index (κ1) is 19.3. The minimum Gasteiger partial charge on any atom is -0.356 e. The van der Waals surface area contributed by atoms with Crippen LogP contribution in [0.4, 0.5) is 4.39 Å². The predicted molar refractivity (Wildman–Crippen MR) is 103 cm³/mol. The Morgan fingerprint density at radius 3 is 2.57 bits per heavy atom. The molecule has 0 saturated heterocycles. The van der Waals surface area contributed by atoms with Crippen molar-refractivity contribution in [2.45, 2.75) is 19.9 Å². The van der Waals surface area contributed by atoms with Crippen LogP contribution in [0.15, 0.2) is 47.6 Å². The molecule has 0 fully saturated rings. The first-order valence-electron chi connectivity index (χ1n) is 7.28. The molecule has 23 heavy (non-hydrogen) atoms. The van der Waals surface area contributed by atoms with Gasteiger partial charge in [-0.05, 0) is 42.7 Å². The fraction of sp³-hybridized carbons (Fsp3) is 0.294. The summed E-state index contributed by atoms with van der Waals surface area (Å²) >= 11 is 0. The topological polar surface area (TPSA) is 49.3 Å². The third-order valence-corrected chi connectivity index (χ3v) is 3.38. The van der Waals surface area contributed by atoms with Crippen molar-refractivity contribution in [1.29, 1.82) is 0 Å². The van der Waals surface area contributed by atoms with Crippen LogP contribution in [-0.4, -0.2) is 24.5 Å². The van der Waals surface area contributed by atoms with Crippen molar-refractivity contribution in [3.8, 4) is 0 Å². The van der Waals surface area contributed by atoms with E-state index in [1.807, 2.05) is 19.1 Å². The molecule has 0 amide bonds. The van der Waals surface area contributed by atoms with Gasteiger partial charge in [0.25, 0.3) is 0 Å². The van der Waals surface area contributed by atoms with Gasteiger partial charge < -0.3 is 10.6 Å². The molecule has 4 nitrogen and oxygen atoms in total. The third-order valence-electron chi connectivity index (χ3n) is 3.38. The van der Waals surface area contributed by atoms with Crippen LogP contribution in [0.5, 0.6) is 0 Å². The fourth-order valence-corrected chi connectivity index (χ4v) is 2.07. The molecule has 0 bridgehead atoms. The molecule has 0 atom stereocenters. The van der Waals surface area contributed by atoms with Gasteiger partial charge in [-0.15, -0.1) is 24.0 Å². The van der Waals surface area contributed by atoms with Crippen molar-refractivity contribution in [2.75, 3.05) is 13.6 Å². The number of rotatable bonds is 5. The Labute approximate surface area is 153 Å². The van der Waals surface area contributed by atoms with E-state index in [1.165, 1.54) is 12.1 Å². The summed E-state index contributed by atoms with van der Waals surface area (Å²) in [7, 11) is 1.73. The number of benzene rings is 1. The van der Waals surface area contributed by atoms with Crippen LogP contribution >= 0.6 is 24.0 Å². The Balaban J connectivity index is 0.00000264. The van der Waals surface area contributed by atoms with Crippen LogP contribution in [0, 0.1) is 12.7 Å². The van der Waals surface area contributed by atoms with Crippen LogP contribution in [-0.2, 0) is 13.0 Å². The SMILES string of the molecule is CN=C(NCCc1ccc(F)cc1)NCc1ncccc1C.I. The second-order valence-corrected chi connectivity index (χ2v) is 5.00. The molecular formula is C17H22FIN4. The maximum absolute atomic E-state index is 12.8. The van der Waals surface area contributed by atoms with Gasteiger partial charge in [0, 0.05) is 19.8 Å². The van der Waals surface area contributed by atoms with Gasteiger partial charge in [-0.2, -0.15) is 0 Å². The van der Waals surface area contributed by atoms with Crippen LogP contribution in [0.1, 0.15) is 16.8 Å². The number of hydrogen-bond acceptors (Lipinski definition) is 2. The van der Waals surface area contributed by atoms with Crippen LogP contribution in [0.25, 0.3) is 0 Å². The number of pyridine rings is 1. The molecule has 0 saturated carbocycles. The van der Waals surface area contributed by atoms with Crippen molar-refractivity contribution >= 4 is 29.9 Å². The quantitative estimate of drug-likeness (QED) is 0.438. The van der Waals surface area contributed by atoms with Gasteiger partial charge >= 0.3 is 0 Å². The van der Waals surface area contributed by atoms with Gasteiger partial charge in [0.15, 0.2) is 5.96 Å². The zero-order valence-electron chi connectivity index (χ0n) is 13.3. The van der Waals surface area contributed by atoms with Crippen LogP contribution in [0.2, 0.25) is 0 Å². The lowest BCUT2D eigenvalue weighted by molar-refractivity contribution is 0.626. The molecule has 0 radical (unpaired) electrons. The molecule has 0 aliphatic rings. The van der Waals surface area contributed by atoms with E-state index in [0.717, 1.165) is 35.7 Å². The second kappa shape index (κ2) is 10.1. The zero-order chi connectivity index (χ0) is 15.8. The number of hydrogen-bond donors (Lipinski definition) is 2. The molecule has 0 spiro atoms. The Morgan fingerprint density at radius 1 is 1.17 bits per heavy atom. The van der Waals surface area contributed by atoms with Gasteiger partial charge in [0.2, 0.25) is 0 Å².